The fourth-order valence-electron chi connectivity index (χ4n) is 2.10. The van der Waals surface area contributed by atoms with Crippen LogP contribution in [-0.4, -0.2) is 4.98 Å². The van der Waals surface area contributed by atoms with E-state index in [0.29, 0.717) is 5.02 Å². The van der Waals surface area contributed by atoms with Crippen molar-refractivity contribution >= 4 is 22.5 Å². The van der Waals surface area contributed by atoms with Crippen molar-refractivity contribution in [3.05, 3.63) is 65.2 Å². The Morgan fingerprint density at radius 3 is 2.44 bits per heavy atom. The zero-order valence-corrected chi connectivity index (χ0v) is 10.8. The molecule has 3 aromatic rings. The van der Waals surface area contributed by atoms with Crippen molar-refractivity contribution in [2.75, 3.05) is 0 Å². The van der Waals surface area contributed by atoms with Gasteiger partial charge in [-0.1, -0.05) is 54.1 Å². The Morgan fingerprint density at radius 1 is 0.889 bits per heavy atom. The molecule has 0 saturated heterocycles. The Morgan fingerprint density at radius 2 is 1.67 bits per heavy atom. The number of pyridine rings is 1. The first-order chi connectivity index (χ1) is 8.75. The fourth-order valence-corrected chi connectivity index (χ4v) is 2.30. The number of nitrogens with zero attached hydrogens (tertiary/aromatic N) is 1. The first-order valence-electron chi connectivity index (χ1n) is 5.87. The van der Waals surface area contributed by atoms with Gasteiger partial charge in [0, 0.05) is 10.9 Å². The van der Waals surface area contributed by atoms with Crippen molar-refractivity contribution in [3.63, 3.8) is 0 Å². The standard InChI is InChI=1S/C16H12ClN/c1-11-7-9-14(17)16-13(11)8-10-15(18-16)12-5-3-2-4-6-12/h2-10H,1H3. The number of hydrogen-bond acceptors (Lipinski definition) is 1. The number of fused-ring (bicyclic) bond motifs is 1. The van der Waals surface area contributed by atoms with Gasteiger partial charge in [0.1, 0.15) is 0 Å². The molecular weight excluding hydrogens is 242 g/mol. The van der Waals surface area contributed by atoms with Gasteiger partial charge in [0.05, 0.1) is 16.2 Å². The smallest absolute Gasteiger partial charge is 0.0898 e. The highest BCUT2D eigenvalue weighted by molar-refractivity contribution is 6.35. The van der Waals surface area contributed by atoms with Gasteiger partial charge in [0.25, 0.3) is 0 Å². The summed E-state index contributed by atoms with van der Waals surface area (Å²) in [6.45, 7) is 2.07. The van der Waals surface area contributed by atoms with Crippen LogP contribution in [0, 0.1) is 6.92 Å². The van der Waals surface area contributed by atoms with E-state index in [4.69, 9.17) is 11.6 Å². The molecule has 1 aromatic heterocycles. The molecule has 0 radical (unpaired) electrons. The molecule has 3 rings (SSSR count). The number of aromatic nitrogens is 1. The molecule has 1 heterocycles. The quantitative estimate of drug-likeness (QED) is 0.603. The van der Waals surface area contributed by atoms with Crippen LogP contribution in [0.15, 0.2) is 54.6 Å². The molecule has 0 saturated carbocycles. The molecule has 1 nitrogen and oxygen atoms in total. The summed E-state index contributed by atoms with van der Waals surface area (Å²) in [5, 5.41) is 1.82. The van der Waals surface area contributed by atoms with E-state index in [-0.39, 0.29) is 0 Å². The lowest BCUT2D eigenvalue weighted by molar-refractivity contribution is 1.38. The maximum absolute atomic E-state index is 6.23. The normalized spacial score (nSPS) is 10.8. The monoisotopic (exact) mass is 253 g/mol. The molecule has 0 bridgehead atoms. The van der Waals surface area contributed by atoms with E-state index in [2.05, 4.69) is 30.1 Å². The maximum atomic E-state index is 6.23. The highest BCUT2D eigenvalue weighted by atomic mass is 35.5. The zero-order valence-electron chi connectivity index (χ0n) is 10.0. The second-order valence-electron chi connectivity index (χ2n) is 4.32. The second-order valence-corrected chi connectivity index (χ2v) is 4.73. The molecule has 0 N–H and O–H groups in total. The van der Waals surface area contributed by atoms with E-state index in [1.807, 2.05) is 36.4 Å². The van der Waals surface area contributed by atoms with Gasteiger partial charge in [-0.25, -0.2) is 4.98 Å². The van der Waals surface area contributed by atoms with E-state index in [1.165, 1.54) is 5.56 Å². The van der Waals surface area contributed by atoms with Gasteiger partial charge in [-0.05, 0) is 24.6 Å². The van der Waals surface area contributed by atoms with Crippen molar-refractivity contribution in [2.45, 2.75) is 6.92 Å². The van der Waals surface area contributed by atoms with Crippen molar-refractivity contribution in [2.24, 2.45) is 0 Å². The summed E-state index contributed by atoms with van der Waals surface area (Å²) in [4.78, 5) is 4.67. The average Bonchev–Trinajstić information content (AvgIpc) is 2.44. The van der Waals surface area contributed by atoms with Crippen LogP contribution in [0.2, 0.25) is 5.02 Å². The summed E-state index contributed by atoms with van der Waals surface area (Å²) in [7, 11) is 0. The van der Waals surface area contributed by atoms with Crippen LogP contribution >= 0.6 is 11.6 Å². The fraction of sp³-hybridized carbons (Fsp3) is 0.0625. The lowest BCUT2D eigenvalue weighted by Crippen LogP contribution is -1.88. The number of aryl methyl sites for hydroxylation is 1. The molecule has 0 unspecified atom stereocenters. The van der Waals surface area contributed by atoms with Gasteiger partial charge in [0.2, 0.25) is 0 Å². The highest BCUT2D eigenvalue weighted by Gasteiger charge is 2.06. The molecule has 2 aromatic carbocycles. The Labute approximate surface area is 111 Å². The van der Waals surface area contributed by atoms with Crippen LogP contribution in [0.4, 0.5) is 0 Å². The molecule has 0 atom stereocenters. The topological polar surface area (TPSA) is 12.9 Å². The van der Waals surface area contributed by atoms with E-state index in [1.54, 1.807) is 0 Å². The molecular formula is C16H12ClN. The predicted molar refractivity (Wildman–Crippen MR) is 76.9 cm³/mol. The zero-order chi connectivity index (χ0) is 12.5. The van der Waals surface area contributed by atoms with Gasteiger partial charge < -0.3 is 0 Å². The lowest BCUT2D eigenvalue weighted by Gasteiger charge is -2.06. The Kier molecular flexibility index (Phi) is 2.77. The van der Waals surface area contributed by atoms with Gasteiger partial charge >= 0.3 is 0 Å². The average molecular weight is 254 g/mol. The third-order valence-electron chi connectivity index (χ3n) is 3.10. The summed E-state index contributed by atoms with van der Waals surface area (Å²) in [5.74, 6) is 0. The minimum atomic E-state index is 0.702. The van der Waals surface area contributed by atoms with E-state index in [9.17, 15) is 0 Å². The summed E-state index contributed by atoms with van der Waals surface area (Å²) in [5.41, 5.74) is 4.13. The SMILES string of the molecule is Cc1ccc(Cl)c2nc(-c3ccccc3)ccc12. The Bertz CT molecular complexity index is 705. The summed E-state index contributed by atoms with van der Waals surface area (Å²) >= 11 is 6.23. The van der Waals surface area contributed by atoms with Crippen molar-refractivity contribution < 1.29 is 0 Å². The molecule has 2 heteroatoms. The minimum absolute atomic E-state index is 0.702. The molecule has 0 aliphatic heterocycles. The number of halogens is 1. The molecule has 0 fully saturated rings. The minimum Gasteiger partial charge on any atom is -0.246 e. The summed E-state index contributed by atoms with van der Waals surface area (Å²) in [6, 6.07) is 18.2. The van der Waals surface area contributed by atoms with E-state index < -0.39 is 0 Å². The Balaban J connectivity index is 2.26. The summed E-state index contributed by atoms with van der Waals surface area (Å²) in [6.07, 6.45) is 0. The van der Waals surface area contributed by atoms with Crippen LogP contribution in [0.3, 0.4) is 0 Å². The Hall–Kier alpha value is -1.86. The molecule has 18 heavy (non-hydrogen) atoms. The third-order valence-corrected chi connectivity index (χ3v) is 3.40. The summed E-state index contributed by atoms with van der Waals surface area (Å²) < 4.78 is 0. The number of rotatable bonds is 1. The first kappa shape index (κ1) is 11.2. The van der Waals surface area contributed by atoms with Crippen LogP contribution in [-0.2, 0) is 0 Å². The first-order valence-corrected chi connectivity index (χ1v) is 6.25. The maximum Gasteiger partial charge on any atom is 0.0898 e. The third kappa shape index (κ3) is 1.87. The van der Waals surface area contributed by atoms with Crippen molar-refractivity contribution in [3.8, 4) is 11.3 Å². The van der Waals surface area contributed by atoms with Gasteiger partial charge in [-0.15, -0.1) is 0 Å². The van der Waals surface area contributed by atoms with E-state index in [0.717, 1.165) is 22.2 Å². The van der Waals surface area contributed by atoms with Gasteiger partial charge in [-0.2, -0.15) is 0 Å². The molecule has 0 spiro atoms. The number of hydrogen-bond donors (Lipinski definition) is 0. The van der Waals surface area contributed by atoms with Gasteiger partial charge in [-0.3, -0.25) is 0 Å². The molecule has 0 aliphatic carbocycles. The largest absolute Gasteiger partial charge is 0.246 e. The molecule has 88 valence electrons. The van der Waals surface area contributed by atoms with Crippen LogP contribution in [0.5, 0.6) is 0 Å². The molecule has 0 amide bonds. The van der Waals surface area contributed by atoms with E-state index >= 15 is 0 Å². The van der Waals surface area contributed by atoms with Crippen LogP contribution in [0.25, 0.3) is 22.2 Å². The van der Waals surface area contributed by atoms with Crippen LogP contribution < -0.4 is 0 Å². The lowest BCUT2D eigenvalue weighted by atomic mass is 10.1. The highest BCUT2D eigenvalue weighted by Crippen LogP contribution is 2.27. The second kappa shape index (κ2) is 4.43. The molecule has 0 aliphatic rings. The van der Waals surface area contributed by atoms with Crippen molar-refractivity contribution in [1.82, 2.24) is 4.98 Å². The number of benzene rings is 2. The van der Waals surface area contributed by atoms with Crippen molar-refractivity contribution in [1.29, 1.82) is 0 Å². The predicted octanol–water partition coefficient (Wildman–Crippen LogP) is 4.86. The van der Waals surface area contributed by atoms with Crippen LogP contribution in [0.1, 0.15) is 5.56 Å². The van der Waals surface area contributed by atoms with Gasteiger partial charge in [0.15, 0.2) is 0 Å².